The molecule has 70 valence electrons. The standard InChI is InChI=1S/C10H14N2S/c11-9-3-1-8(2-4-9)7-10-12-5-6-13-10/h5-7,9H,1-4,11H2. The molecule has 1 aromatic heterocycles. The first-order chi connectivity index (χ1) is 6.34. The molecule has 1 fully saturated rings. The van der Waals surface area contributed by atoms with Crippen LogP contribution in [-0.2, 0) is 0 Å². The summed E-state index contributed by atoms with van der Waals surface area (Å²) in [5, 5.41) is 3.14. The summed E-state index contributed by atoms with van der Waals surface area (Å²) in [6, 6.07) is 0.424. The number of allylic oxidation sites excluding steroid dienone is 1. The molecule has 0 spiro atoms. The van der Waals surface area contributed by atoms with E-state index >= 15 is 0 Å². The van der Waals surface area contributed by atoms with Crippen LogP contribution in [0.3, 0.4) is 0 Å². The Balaban J connectivity index is 2.02. The molecular formula is C10H14N2S. The molecule has 0 atom stereocenters. The zero-order chi connectivity index (χ0) is 9.10. The molecule has 0 aliphatic heterocycles. The largest absolute Gasteiger partial charge is 0.328 e. The molecule has 0 saturated heterocycles. The molecule has 1 aliphatic rings. The van der Waals surface area contributed by atoms with Gasteiger partial charge in [0.05, 0.1) is 0 Å². The van der Waals surface area contributed by atoms with Gasteiger partial charge in [-0.05, 0) is 31.8 Å². The van der Waals surface area contributed by atoms with Gasteiger partial charge in [-0.1, -0.05) is 5.57 Å². The first-order valence-corrected chi connectivity index (χ1v) is 5.57. The lowest BCUT2D eigenvalue weighted by Gasteiger charge is -2.19. The second kappa shape index (κ2) is 4.03. The van der Waals surface area contributed by atoms with Crippen LogP contribution in [0.2, 0.25) is 0 Å². The summed E-state index contributed by atoms with van der Waals surface area (Å²) in [5.74, 6) is 0. The van der Waals surface area contributed by atoms with Crippen molar-refractivity contribution in [3.8, 4) is 0 Å². The molecule has 1 aliphatic carbocycles. The van der Waals surface area contributed by atoms with E-state index in [1.165, 1.54) is 5.57 Å². The number of rotatable bonds is 1. The predicted octanol–water partition coefficient (Wildman–Crippen LogP) is 2.43. The molecule has 1 aromatic rings. The van der Waals surface area contributed by atoms with Crippen LogP contribution >= 0.6 is 11.3 Å². The molecule has 13 heavy (non-hydrogen) atoms. The lowest BCUT2D eigenvalue weighted by Crippen LogP contribution is -2.23. The van der Waals surface area contributed by atoms with Gasteiger partial charge in [-0.25, -0.2) is 4.98 Å². The maximum absolute atomic E-state index is 5.83. The van der Waals surface area contributed by atoms with Gasteiger partial charge in [0.2, 0.25) is 0 Å². The Kier molecular flexibility index (Phi) is 2.76. The first kappa shape index (κ1) is 8.91. The number of hydrogen-bond donors (Lipinski definition) is 1. The Labute approximate surface area is 82.5 Å². The summed E-state index contributed by atoms with van der Waals surface area (Å²) < 4.78 is 0. The average molecular weight is 194 g/mol. The molecule has 0 bridgehead atoms. The fraction of sp³-hybridized carbons (Fsp3) is 0.500. The van der Waals surface area contributed by atoms with E-state index in [1.54, 1.807) is 11.3 Å². The van der Waals surface area contributed by atoms with Crippen LogP contribution in [0.15, 0.2) is 17.2 Å². The molecule has 3 heteroatoms. The van der Waals surface area contributed by atoms with Crippen LogP contribution < -0.4 is 5.73 Å². The van der Waals surface area contributed by atoms with Gasteiger partial charge in [-0.3, -0.25) is 0 Å². The normalized spacial score (nSPS) is 23.2. The van der Waals surface area contributed by atoms with Crippen molar-refractivity contribution in [1.82, 2.24) is 4.98 Å². The third-order valence-corrected chi connectivity index (χ3v) is 3.17. The Bertz CT molecular complexity index is 280. The summed E-state index contributed by atoms with van der Waals surface area (Å²) >= 11 is 1.70. The van der Waals surface area contributed by atoms with E-state index in [0.29, 0.717) is 6.04 Å². The van der Waals surface area contributed by atoms with E-state index in [9.17, 15) is 0 Å². The van der Waals surface area contributed by atoms with E-state index in [-0.39, 0.29) is 0 Å². The number of nitrogens with two attached hydrogens (primary N) is 1. The Morgan fingerprint density at radius 3 is 2.85 bits per heavy atom. The zero-order valence-electron chi connectivity index (χ0n) is 7.57. The lowest BCUT2D eigenvalue weighted by molar-refractivity contribution is 0.514. The van der Waals surface area contributed by atoms with Crippen molar-refractivity contribution in [3.05, 3.63) is 22.2 Å². The van der Waals surface area contributed by atoms with Crippen LogP contribution in [0.5, 0.6) is 0 Å². The van der Waals surface area contributed by atoms with Crippen molar-refractivity contribution in [3.63, 3.8) is 0 Å². The van der Waals surface area contributed by atoms with Crippen molar-refractivity contribution in [1.29, 1.82) is 0 Å². The maximum Gasteiger partial charge on any atom is 0.115 e. The van der Waals surface area contributed by atoms with Gasteiger partial charge in [-0.15, -0.1) is 11.3 Å². The molecule has 1 saturated carbocycles. The third-order valence-electron chi connectivity index (χ3n) is 2.45. The molecule has 1 heterocycles. The van der Waals surface area contributed by atoms with Crippen molar-refractivity contribution < 1.29 is 0 Å². The number of aromatic nitrogens is 1. The first-order valence-electron chi connectivity index (χ1n) is 4.69. The van der Waals surface area contributed by atoms with Gasteiger partial charge in [-0.2, -0.15) is 0 Å². The van der Waals surface area contributed by atoms with Crippen LogP contribution in [0.1, 0.15) is 30.7 Å². The van der Waals surface area contributed by atoms with Crippen molar-refractivity contribution in [2.45, 2.75) is 31.7 Å². The zero-order valence-corrected chi connectivity index (χ0v) is 8.39. The molecule has 2 N–H and O–H groups in total. The third kappa shape index (κ3) is 2.39. The minimum atomic E-state index is 0.424. The van der Waals surface area contributed by atoms with Crippen LogP contribution in [0, 0.1) is 0 Å². The minimum absolute atomic E-state index is 0.424. The van der Waals surface area contributed by atoms with Crippen molar-refractivity contribution >= 4 is 17.4 Å². The van der Waals surface area contributed by atoms with E-state index in [2.05, 4.69) is 11.1 Å². The highest BCUT2D eigenvalue weighted by molar-refractivity contribution is 7.10. The average Bonchev–Trinajstić information content (AvgIpc) is 2.62. The van der Waals surface area contributed by atoms with E-state index in [0.717, 1.165) is 30.7 Å². The Hall–Kier alpha value is -0.670. The quantitative estimate of drug-likeness (QED) is 0.745. The summed E-state index contributed by atoms with van der Waals surface area (Å²) in [5.41, 5.74) is 7.34. The monoisotopic (exact) mass is 194 g/mol. The Morgan fingerprint density at radius 2 is 2.23 bits per heavy atom. The highest BCUT2D eigenvalue weighted by atomic mass is 32.1. The summed E-state index contributed by atoms with van der Waals surface area (Å²) in [6.07, 6.45) is 8.65. The summed E-state index contributed by atoms with van der Waals surface area (Å²) in [6.45, 7) is 0. The smallest absolute Gasteiger partial charge is 0.115 e. The molecule has 2 nitrogen and oxygen atoms in total. The number of thiazole rings is 1. The molecule has 0 radical (unpaired) electrons. The van der Waals surface area contributed by atoms with E-state index < -0.39 is 0 Å². The highest BCUT2D eigenvalue weighted by Crippen LogP contribution is 2.24. The van der Waals surface area contributed by atoms with Gasteiger partial charge in [0.25, 0.3) is 0 Å². The molecule has 0 unspecified atom stereocenters. The molecule has 0 aromatic carbocycles. The molecule has 2 rings (SSSR count). The van der Waals surface area contributed by atoms with Crippen LogP contribution in [-0.4, -0.2) is 11.0 Å². The fourth-order valence-corrected chi connectivity index (χ4v) is 2.25. The Morgan fingerprint density at radius 1 is 1.46 bits per heavy atom. The number of hydrogen-bond acceptors (Lipinski definition) is 3. The van der Waals surface area contributed by atoms with Crippen LogP contribution in [0.25, 0.3) is 6.08 Å². The predicted molar refractivity (Wildman–Crippen MR) is 56.5 cm³/mol. The van der Waals surface area contributed by atoms with Gasteiger partial charge < -0.3 is 5.73 Å². The second-order valence-corrected chi connectivity index (χ2v) is 4.44. The van der Waals surface area contributed by atoms with E-state index in [1.807, 2.05) is 11.6 Å². The van der Waals surface area contributed by atoms with Crippen molar-refractivity contribution in [2.24, 2.45) is 5.73 Å². The number of nitrogens with zero attached hydrogens (tertiary/aromatic N) is 1. The molecular weight excluding hydrogens is 180 g/mol. The van der Waals surface area contributed by atoms with E-state index in [4.69, 9.17) is 5.73 Å². The maximum atomic E-state index is 5.83. The SMILES string of the molecule is NC1CCC(=Cc2nccs2)CC1. The second-order valence-electron chi connectivity index (χ2n) is 3.51. The minimum Gasteiger partial charge on any atom is -0.328 e. The van der Waals surface area contributed by atoms with Gasteiger partial charge >= 0.3 is 0 Å². The van der Waals surface area contributed by atoms with Crippen molar-refractivity contribution in [2.75, 3.05) is 0 Å². The fourth-order valence-electron chi connectivity index (χ4n) is 1.64. The van der Waals surface area contributed by atoms with Gasteiger partial charge in [0.1, 0.15) is 5.01 Å². The van der Waals surface area contributed by atoms with Crippen LogP contribution in [0.4, 0.5) is 0 Å². The lowest BCUT2D eigenvalue weighted by atomic mass is 9.91. The molecule has 0 amide bonds. The summed E-state index contributed by atoms with van der Waals surface area (Å²) in [7, 11) is 0. The summed E-state index contributed by atoms with van der Waals surface area (Å²) in [4.78, 5) is 4.24. The van der Waals surface area contributed by atoms with Gasteiger partial charge in [0.15, 0.2) is 0 Å². The van der Waals surface area contributed by atoms with Gasteiger partial charge in [0, 0.05) is 17.6 Å². The highest BCUT2D eigenvalue weighted by Gasteiger charge is 2.12. The topological polar surface area (TPSA) is 38.9 Å².